The summed E-state index contributed by atoms with van der Waals surface area (Å²) in [6.07, 6.45) is 2.34. The van der Waals surface area contributed by atoms with Crippen molar-refractivity contribution in [3.05, 3.63) is 53.3 Å². The Kier molecular flexibility index (Phi) is 7.50. The summed E-state index contributed by atoms with van der Waals surface area (Å²) in [7, 11) is 0. The van der Waals surface area contributed by atoms with E-state index in [1.54, 1.807) is 13.0 Å². The van der Waals surface area contributed by atoms with Gasteiger partial charge in [0.05, 0.1) is 19.4 Å². The lowest BCUT2D eigenvalue weighted by molar-refractivity contribution is -0.170. The van der Waals surface area contributed by atoms with Crippen molar-refractivity contribution in [2.75, 3.05) is 26.3 Å². The van der Waals surface area contributed by atoms with Crippen LogP contribution in [0.25, 0.3) is 11.0 Å². The van der Waals surface area contributed by atoms with E-state index in [0.717, 1.165) is 38.8 Å². The number of nitrogens with zero attached hydrogens (tertiary/aromatic N) is 3. The molecule has 0 radical (unpaired) electrons. The third kappa shape index (κ3) is 5.39. The van der Waals surface area contributed by atoms with E-state index >= 15 is 0 Å². The number of benzene rings is 2. The fourth-order valence-corrected chi connectivity index (χ4v) is 6.17. The van der Waals surface area contributed by atoms with Crippen LogP contribution in [0.3, 0.4) is 0 Å². The van der Waals surface area contributed by atoms with Crippen LogP contribution in [0.2, 0.25) is 0 Å². The number of hydrogen-bond donors (Lipinski definition) is 1. The zero-order valence-corrected chi connectivity index (χ0v) is 23.9. The van der Waals surface area contributed by atoms with Gasteiger partial charge in [0, 0.05) is 18.7 Å². The van der Waals surface area contributed by atoms with Crippen LogP contribution in [0.5, 0.6) is 11.5 Å². The summed E-state index contributed by atoms with van der Waals surface area (Å²) in [6.45, 7) is 7.00. The lowest BCUT2D eigenvalue weighted by Crippen LogP contribution is -2.48. The Labute approximate surface area is 243 Å². The van der Waals surface area contributed by atoms with Crippen LogP contribution in [-0.4, -0.2) is 69.5 Å². The van der Waals surface area contributed by atoms with Gasteiger partial charge in [-0.3, -0.25) is 9.69 Å². The highest BCUT2D eigenvalue weighted by atomic mass is 16.7. The van der Waals surface area contributed by atoms with E-state index in [0.29, 0.717) is 36.7 Å². The van der Waals surface area contributed by atoms with E-state index in [2.05, 4.69) is 34.1 Å². The van der Waals surface area contributed by atoms with Gasteiger partial charge in [0.2, 0.25) is 5.75 Å². The number of likely N-dealkylation sites (tertiary alicyclic amines) is 1. The number of piperidine rings is 1. The van der Waals surface area contributed by atoms with Crippen LogP contribution < -0.4 is 14.3 Å². The Morgan fingerprint density at radius 3 is 2.50 bits per heavy atom. The SMILES string of the molecule is CCOCC1(CCc2ccccc2)CCN(Cc2cc3c4nc(C)n3OC(=O)CC3(O)CC(=O)Oc2c4OC3=O)CC1. The maximum absolute atomic E-state index is 13.1. The first-order valence-electron chi connectivity index (χ1n) is 14.4. The molecule has 3 aliphatic heterocycles. The molecule has 1 atom stereocenters. The molecule has 11 nitrogen and oxygen atoms in total. The van der Waals surface area contributed by atoms with Crippen LogP contribution >= 0.6 is 0 Å². The smallest absolute Gasteiger partial charge is 0.344 e. The molecule has 1 N–H and O–H groups in total. The normalized spacial score (nSPS) is 22.1. The van der Waals surface area contributed by atoms with Crippen molar-refractivity contribution in [2.45, 2.75) is 64.5 Å². The van der Waals surface area contributed by atoms with Gasteiger partial charge in [-0.15, -0.1) is 0 Å². The van der Waals surface area contributed by atoms with Gasteiger partial charge in [-0.25, -0.2) is 14.6 Å². The molecular weight excluding hydrogens is 542 g/mol. The van der Waals surface area contributed by atoms with Crippen LogP contribution in [-0.2, 0) is 32.1 Å². The van der Waals surface area contributed by atoms with Crippen molar-refractivity contribution in [3.8, 4) is 11.5 Å². The number of ether oxygens (including phenoxy) is 3. The van der Waals surface area contributed by atoms with E-state index in [4.69, 9.17) is 19.0 Å². The van der Waals surface area contributed by atoms with E-state index in [-0.39, 0.29) is 22.4 Å². The van der Waals surface area contributed by atoms with Gasteiger partial charge in [-0.05, 0) is 69.7 Å². The third-order valence-electron chi connectivity index (χ3n) is 8.62. The average Bonchev–Trinajstić information content (AvgIpc) is 3.26. The monoisotopic (exact) mass is 577 g/mol. The Balaban J connectivity index is 1.30. The van der Waals surface area contributed by atoms with Crippen LogP contribution in [0.4, 0.5) is 0 Å². The average molecular weight is 578 g/mol. The highest BCUT2D eigenvalue weighted by Gasteiger charge is 2.47. The second-order valence-corrected chi connectivity index (χ2v) is 11.6. The maximum Gasteiger partial charge on any atom is 0.344 e. The Hall–Kier alpha value is -3.80. The maximum atomic E-state index is 13.1. The molecule has 1 aromatic heterocycles. The molecule has 222 valence electrons. The minimum Gasteiger partial charge on any atom is -0.422 e. The van der Waals surface area contributed by atoms with Gasteiger partial charge in [0.15, 0.2) is 11.4 Å². The van der Waals surface area contributed by atoms with Crippen molar-refractivity contribution in [3.63, 3.8) is 0 Å². The topological polar surface area (TPSA) is 129 Å². The molecule has 0 aliphatic carbocycles. The van der Waals surface area contributed by atoms with Gasteiger partial charge >= 0.3 is 17.9 Å². The standard InChI is InChI=1S/C31H35N3O8/c1-3-39-19-30(10-9-21-7-5-4-6-8-21)11-13-33(14-12-30)18-22-15-23-26-28-27(22)40-24(35)16-31(38,29(37)41-28)17-25(36)42-34(23)20(2)32-26/h4-8,15,38H,3,9-14,16-19H2,1-2H3. The first kappa shape index (κ1) is 28.3. The van der Waals surface area contributed by atoms with Gasteiger partial charge in [-0.1, -0.05) is 30.3 Å². The van der Waals surface area contributed by atoms with Gasteiger partial charge in [0.1, 0.15) is 16.9 Å². The molecule has 42 heavy (non-hydrogen) atoms. The largest absolute Gasteiger partial charge is 0.422 e. The molecule has 1 fully saturated rings. The number of esters is 2. The van der Waals surface area contributed by atoms with Crippen LogP contribution in [0.1, 0.15) is 56.0 Å². The molecule has 5 bridgehead atoms. The summed E-state index contributed by atoms with van der Waals surface area (Å²) in [5.74, 6) is -2.51. The molecule has 1 saturated heterocycles. The first-order chi connectivity index (χ1) is 20.2. The van der Waals surface area contributed by atoms with Crippen molar-refractivity contribution < 1.29 is 38.5 Å². The van der Waals surface area contributed by atoms with Gasteiger partial charge in [0.25, 0.3) is 0 Å². The molecule has 11 heteroatoms. The zero-order chi connectivity index (χ0) is 29.5. The first-order valence-corrected chi connectivity index (χ1v) is 14.4. The Morgan fingerprint density at radius 1 is 1.02 bits per heavy atom. The van der Waals surface area contributed by atoms with Crippen molar-refractivity contribution in [2.24, 2.45) is 5.41 Å². The second kappa shape index (κ2) is 11.1. The molecule has 0 amide bonds. The van der Waals surface area contributed by atoms with Crippen LogP contribution in [0, 0.1) is 12.3 Å². The molecule has 1 unspecified atom stereocenters. The van der Waals surface area contributed by atoms with Gasteiger partial charge in [-0.2, -0.15) is 4.73 Å². The molecule has 3 aromatic rings. The van der Waals surface area contributed by atoms with Crippen molar-refractivity contribution in [1.82, 2.24) is 14.6 Å². The summed E-state index contributed by atoms with van der Waals surface area (Å²) in [6, 6.07) is 12.2. The Bertz CT molecular complexity index is 1530. The number of aryl methyl sites for hydroxylation is 2. The second-order valence-electron chi connectivity index (χ2n) is 11.6. The summed E-state index contributed by atoms with van der Waals surface area (Å²) in [5, 5.41) is 10.9. The summed E-state index contributed by atoms with van der Waals surface area (Å²) in [5.41, 5.74) is 0.123. The third-order valence-corrected chi connectivity index (χ3v) is 8.62. The molecule has 0 saturated carbocycles. The lowest BCUT2D eigenvalue weighted by atomic mass is 9.74. The summed E-state index contributed by atoms with van der Waals surface area (Å²) < 4.78 is 18.6. The molecule has 3 aliphatic rings. The minimum absolute atomic E-state index is 0.0501. The number of rotatable bonds is 8. The Morgan fingerprint density at radius 2 is 1.76 bits per heavy atom. The number of aliphatic hydroxyl groups is 1. The van der Waals surface area contributed by atoms with Crippen LogP contribution in [0.15, 0.2) is 36.4 Å². The van der Waals surface area contributed by atoms with E-state index in [1.165, 1.54) is 10.3 Å². The molecule has 0 spiro atoms. The molecule has 4 heterocycles. The van der Waals surface area contributed by atoms with E-state index < -0.39 is 36.4 Å². The number of hydrogen-bond acceptors (Lipinski definition) is 10. The number of aromatic nitrogens is 2. The van der Waals surface area contributed by atoms with Gasteiger partial charge < -0.3 is 24.2 Å². The predicted molar refractivity (Wildman–Crippen MR) is 150 cm³/mol. The minimum atomic E-state index is -2.42. The predicted octanol–water partition coefficient (Wildman–Crippen LogP) is 2.90. The molecular formula is C31H35N3O8. The van der Waals surface area contributed by atoms with Crippen molar-refractivity contribution in [1.29, 1.82) is 0 Å². The van der Waals surface area contributed by atoms with E-state index in [1.807, 2.05) is 13.0 Å². The summed E-state index contributed by atoms with van der Waals surface area (Å²) in [4.78, 5) is 50.9. The fraction of sp³-hybridized carbons (Fsp3) is 0.484. The number of imidazole rings is 1. The highest BCUT2D eigenvalue weighted by Crippen LogP contribution is 2.44. The van der Waals surface area contributed by atoms with Crippen molar-refractivity contribution >= 4 is 28.9 Å². The lowest BCUT2D eigenvalue weighted by Gasteiger charge is -2.42. The van der Waals surface area contributed by atoms with E-state index in [9.17, 15) is 19.5 Å². The quantitative estimate of drug-likeness (QED) is 0.315. The zero-order valence-electron chi connectivity index (χ0n) is 23.9. The number of carbonyl (C=O) groups is 3. The number of fused-ring (bicyclic) bond motifs is 2. The summed E-state index contributed by atoms with van der Waals surface area (Å²) >= 11 is 0. The number of carbonyl (C=O) groups excluding carboxylic acids is 3. The molecule has 6 rings (SSSR count). The highest BCUT2D eigenvalue weighted by molar-refractivity contribution is 5.98. The molecule has 2 aromatic carbocycles. The fourth-order valence-electron chi connectivity index (χ4n) is 6.17.